The predicted molar refractivity (Wildman–Crippen MR) is 142 cm³/mol. The Kier molecular flexibility index (Phi) is 7.05. The predicted octanol–water partition coefficient (Wildman–Crippen LogP) is 3.17. The van der Waals surface area contributed by atoms with E-state index in [0.29, 0.717) is 11.4 Å². The van der Waals surface area contributed by atoms with Gasteiger partial charge in [-0.2, -0.15) is 0 Å². The van der Waals surface area contributed by atoms with Crippen molar-refractivity contribution in [2.75, 3.05) is 34.4 Å². The van der Waals surface area contributed by atoms with Crippen LogP contribution in [0.25, 0.3) is 0 Å². The van der Waals surface area contributed by atoms with Crippen molar-refractivity contribution in [3.63, 3.8) is 0 Å². The molecule has 2 bridgehead atoms. The Labute approximate surface area is 227 Å². The molecule has 2 aliphatic heterocycles. The van der Waals surface area contributed by atoms with Crippen molar-refractivity contribution >= 4 is 17.7 Å². The molecule has 4 heterocycles. The van der Waals surface area contributed by atoms with Gasteiger partial charge in [0, 0.05) is 31.5 Å². The summed E-state index contributed by atoms with van der Waals surface area (Å²) >= 11 is 0. The van der Waals surface area contributed by atoms with E-state index in [2.05, 4.69) is 9.97 Å². The van der Waals surface area contributed by atoms with E-state index in [9.17, 15) is 14.4 Å². The van der Waals surface area contributed by atoms with Gasteiger partial charge in [-0.3, -0.25) is 34.2 Å². The maximum absolute atomic E-state index is 15.0. The number of nitrogens with zero attached hydrogens (tertiary/aromatic N) is 4. The van der Waals surface area contributed by atoms with Gasteiger partial charge in [0.1, 0.15) is 0 Å². The van der Waals surface area contributed by atoms with Gasteiger partial charge < -0.3 is 9.47 Å². The Hall–Kier alpha value is -3.95. The molecule has 5 rings (SSSR count). The van der Waals surface area contributed by atoms with Crippen molar-refractivity contribution < 1.29 is 23.9 Å². The third kappa shape index (κ3) is 3.95. The highest BCUT2D eigenvalue weighted by molar-refractivity contribution is 6.17. The van der Waals surface area contributed by atoms with Gasteiger partial charge in [0.25, 0.3) is 0 Å². The van der Waals surface area contributed by atoms with Crippen molar-refractivity contribution in [3.8, 4) is 0 Å². The fraction of sp³-hybridized carbons (Fsp3) is 0.367. The van der Waals surface area contributed by atoms with Crippen LogP contribution in [0.1, 0.15) is 42.0 Å². The van der Waals surface area contributed by atoms with Gasteiger partial charge in [-0.05, 0) is 43.8 Å². The molecule has 0 unspecified atom stereocenters. The van der Waals surface area contributed by atoms with Gasteiger partial charge in [-0.1, -0.05) is 42.5 Å². The second-order valence-corrected chi connectivity index (χ2v) is 10.2. The number of hydrogen-bond acceptors (Lipinski definition) is 9. The van der Waals surface area contributed by atoms with Gasteiger partial charge >= 0.3 is 11.9 Å². The number of pyridine rings is 2. The summed E-state index contributed by atoms with van der Waals surface area (Å²) in [6, 6.07) is 18.6. The Balaban J connectivity index is 1.82. The highest BCUT2D eigenvalue weighted by Gasteiger charge is 2.75. The molecule has 0 radical (unpaired) electrons. The first-order chi connectivity index (χ1) is 18.8. The largest absolute Gasteiger partial charge is 0.468 e. The second kappa shape index (κ2) is 10.3. The summed E-state index contributed by atoms with van der Waals surface area (Å²) < 4.78 is 10.7. The number of aromatic nitrogens is 2. The van der Waals surface area contributed by atoms with Crippen molar-refractivity contribution in [1.82, 2.24) is 19.8 Å². The average Bonchev–Trinajstić information content (AvgIpc) is 2.98. The summed E-state index contributed by atoms with van der Waals surface area (Å²) in [5.74, 6) is -1.96. The van der Waals surface area contributed by atoms with Crippen LogP contribution in [0.3, 0.4) is 0 Å². The number of fused-ring (bicyclic) bond motifs is 2. The number of piperidine rings is 2. The molecular formula is C30H32N4O5. The van der Waals surface area contributed by atoms with Crippen LogP contribution in [0.4, 0.5) is 0 Å². The molecule has 0 aliphatic carbocycles. The Morgan fingerprint density at radius 3 is 1.69 bits per heavy atom. The molecule has 9 heteroatoms. The number of ketones is 1. The van der Waals surface area contributed by atoms with E-state index in [1.807, 2.05) is 59.2 Å². The number of carbonyl (C=O) groups excluding carboxylic acids is 3. The molecule has 5 atom stereocenters. The lowest BCUT2D eigenvalue weighted by molar-refractivity contribution is -0.205. The molecule has 39 heavy (non-hydrogen) atoms. The van der Waals surface area contributed by atoms with Crippen molar-refractivity contribution in [1.29, 1.82) is 0 Å². The fourth-order valence-corrected chi connectivity index (χ4v) is 6.62. The molecule has 2 aromatic heterocycles. The topological polar surface area (TPSA) is 102 Å². The SMILES string of the molecule is COC(=O)[C@]12CN([C@@H](C)c3ccccc3)C[C@](C(=O)OC)(C1=O)[C@@H](c1ccccn1)N(C)[C@H]2c1ccccn1. The number of rotatable bonds is 6. The van der Waals surface area contributed by atoms with Crippen molar-refractivity contribution in [2.24, 2.45) is 10.8 Å². The minimum absolute atomic E-state index is 0.0355. The van der Waals surface area contributed by atoms with Crippen LogP contribution in [0.2, 0.25) is 0 Å². The highest BCUT2D eigenvalue weighted by Crippen LogP contribution is 2.60. The average molecular weight is 529 g/mol. The first-order valence-corrected chi connectivity index (χ1v) is 12.9. The minimum atomic E-state index is -1.77. The van der Waals surface area contributed by atoms with E-state index >= 15 is 0 Å². The number of carbonyl (C=O) groups is 3. The van der Waals surface area contributed by atoms with Crippen LogP contribution < -0.4 is 0 Å². The van der Waals surface area contributed by atoms with E-state index in [1.54, 1.807) is 43.7 Å². The number of methoxy groups -OCH3 is 2. The van der Waals surface area contributed by atoms with Gasteiger partial charge in [-0.15, -0.1) is 0 Å². The number of ether oxygens (including phenoxy) is 2. The van der Waals surface area contributed by atoms with Crippen LogP contribution in [-0.2, 0) is 23.9 Å². The van der Waals surface area contributed by atoms with Gasteiger partial charge in [-0.25, -0.2) is 0 Å². The van der Waals surface area contributed by atoms with Crippen LogP contribution >= 0.6 is 0 Å². The normalized spacial score (nSPS) is 27.9. The van der Waals surface area contributed by atoms with E-state index < -0.39 is 40.6 Å². The van der Waals surface area contributed by atoms with E-state index in [-0.39, 0.29) is 19.1 Å². The summed E-state index contributed by atoms with van der Waals surface area (Å²) in [6.07, 6.45) is 3.26. The lowest BCUT2D eigenvalue weighted by Crippen LogP contribution is -2.75. The van der Waals surface area contributed by atoms with Gasteiger partial charge in [0.05, 0.1) is 37.7 Å². The Morgan fingerprint density at radius 1 is 0.821 bits per heavy atom. The Morgan fingerprint density at radius 2 is 1.28 bits per heavy atom. The highest BCUT2D eigenvalue weighted by atomic mass is 16.5. The van der Waals surface area contributed by atoms with Crippen LogP contribution in [0, 0.1) is 10.8 Å². The van der Waals surface area contributed by atoms with Crippen molar-refractivity contribution in [2.45, 2.75) is 25.0 Å². The molecule has 2 fully saturated rings. The molecule has 0 amide bonds. The maximum Gasteiger partial charge on any atom is 0.322 e. The fourth-order valence-electron chi connectivity index (χ4n) is 6.62. The van der Waals surface area contributed by atoms with E-state index in [0.717, 1.165) is 5.56 Å². The molecule has 9 nitrogen and oxygen atoms in total. The summed E-state index contributed by atoms with van der Waals surface area (Å²) in [6.45, 7) is 2.08. The Bertz CT molecular complexity index is 1280. The summed E-state index contributed by atoms with van der Waals surface area (Å²) in [5, 5.41) is 0. The zero-order chi connectivity index (χ0) is 27.8. The monoisotopic (exact) mass is 528 g/mol. The molecule has 2 saturated heterocycles. The second-order valence-electron chi connectivity index (χ2n) is 10.2. The smallest absolute Gasteiger partial charge is 0.322 e. The molecule has 202 valence electrons. The molecule has 0 spiro atoms. The molecule has 1 aromatic carbocycles. The number of esters is 2. The first kappa shape index (κ1) is 26.6. The minimum Gasteiger partial charge on any atom is -0.468 e. The first-order valence-electron chi connectivity index (χ1n) is 12.9. The third-order valence-electron chi connectivity index (χ3n) is 8.33. The van der Waals surface area contributed by atoms with Crippen molar-refractivity contribution in [3.05, 3.63) is 96.1 Å². The van der Waals surface area contributed by atoms with Gasteiger partial charge in [0.2, 0.25) is 0 Å². The molecule has 0 saturated carbocycles. The number of likely N-dealkylation sites (tertiary alicyclic amines) is 2. The van der Waals surface area contributed by atoms with E-state index in [4.69, 9.17) is 9.47 Å². The summed E-state index contributed by atoms with van der Waals surface area (Å²) in [7, 11) is 4.34. The van der Waals surface area contributed by atoms with Crippen LogP contribution in [0.15, 0.2) is 79.1 Å². The molecule has 2 aliphatic rings. The molecular weight excluding hydrogens is 496 g/mol. The molecule has 3 aromatic rings. The van der Waals surface area contributed by atoms with Crippen LogP contribution in [-0.4, -0.2) is 71.8 Å². The quantitative estimate of drug-likeness (QED) is 0.353. The summed E-state index contributed by atoms with van der Waals surface area (Å²) in [5.41, 5.74) is -1.50. The zero-order valence-corrected chi connectivity index (χ0v) is 22.5. The molecule has 0 N–H and O–H groups in total. The van der Waals surface area contributed by atoms with E-state index in [1.165, 1.54) is 14.2 Å². The zero-order valence-electron chi connectivity index (χ0n) is 22.5. The lowest BCUT2D eigenvalue weighted by atomic mass is 9.54. The number of Topliss-reactive ketones (excluding diaryl/α,β-unsaturated/α-hetero) is 1. The lowest BCUT2D eigenvalue weighted by Gasteiger charge is -2.61. The standard InChI is InChI=1S/C30H32N4O5/c1-20(21-12-6-5-7-13-21)34-18-29(27(36)38-3)24(22-14-8-10-16-31-22)33(2)25(23-15-9-11-17-32-23)30(19-34,26(29)35)28(37)39-4/h5-17,20,24-25H,18-19H2,1-4H3/t20-,24-,25+,29-,30+/m0/s1. The van der Waals surface area contributed by atoms with Crippen LogP contribution in [0.5, 0.6) is 0 Å². The summed E-state index contributed by atoms with van der Waals surface area (Å²) in [4.78, 5) is 55.9. The maximum atomic E-state index is 15.0. The third-order valence-corrected chi connectivity index (χ3v) is 8.33. The number of benzene rings is 1. The van der Waals surface area contributed by atoms with Gasteiger partial charge in [0.15, 0.2) is 16.6 Å². The number of hydrogen-bond donors (Lipinski definition) is 0.